The Morgan fingerprint density at radius 3 is 2.58 bits per heavy atom. The van der Waals surface area contributed by atoms with Crippen molar-refractivity contribution < 1.29 is 13.5 Å². The fourth-order valence-corrected chi connectivity index (χ4v) is 3.59. The predicted octanol–water partition coefficient (Wildman–Crippen LogP) is 2.52. The molecule has 19 heavy (non-hydrogen) atoms. The molecule has 0 aliphatic carbocycles. The van der Waals surface area contributed by atoms with Gasteiger partial charge >= 0.3 is 0 Å². The second-order valence-corrected chi connectivity index (χ2v) is 5.68. The topological polar surface area (TPSA) is 66.4 Å². The Morgan fingerprint density at radius 1 is 1.16 bits per heavy atom. The first-order chi connectivity index (χ1) is 9.13. The van der Waals surface area contributed by atoms with Crippen molar-refractivity contribution in [3.05, 3.63) is 35.9 Å². The molecule has 3 rings (SSSR count). The average molecular weight is 279 g/mol. The van der Waals surface area contributed by atoms with Crippen LogP contribution >= 0.6 is 0 Å². The van der Waals surface area contributed by atoms with Crippen LogP contribution in [0.3, 0.4) is 0 Å². The number of nitrogens with one attached hydrogen (secondary N) is 1. The molecule has 0 bridgehead atoms. The Kier molecular flexibility index (Phi) is 3.78. The van der Waals surface area contributed by atoms with Gasteiger partial charge in [-0.2, -0.15) is 0 Å². The van der Waals surface area contributed by atoms with Crippen LogP contribution in [-0.4, -0.2) is 20.1 Å². The van der Waals surface area contributed by atoms with E-state index >= 15 is 0 Å². The van der Waals surface area contributed by atoms with Gasteiger partial charge in [0.2, 0.25) is 0 Å². The molecule has 1 heterocycles. The van der Waals surface area contributed by atoms with Gasteiger partial charge in [0.25, 0.3) is 10.0 Å². The van der Waals surface area contributed by atoms with E-state index in [4.69, 9.17) is 5.11 Å². The highest BCUT2D eigenvalue weighted by Crippen LogP contribution is 2.38. The lowest BCUT2D eigenvalue weighted by Crippen LogP contribution is -2.06. The van der Waals surface area contributed by atoms with Crippen LogP contribution in [0.15, 0.2) is 35.2 Å². The maximum Gasteiger partial charge on any atom is 0.262 e. The van der Waals surface area contributed by atoms with Gasteiger partial charge in [-0.05, 0) is 29.5 Å². The summed E-state index contributed by atoms with van der Waals surface area (Å²) in [5.74, 6) is 0. The van der Waals surface area contributed by atoms with E-state index < -0.39 is 10.0 Å². The average Bonchev–Trinajstić information content (AvgIpc) is 2.68. The van der Waals surface area contributed by atoms with E-state index in [0.717, 1.165) is 16.3 Å². The molecule has 0 saturated carbocycles. The highest BCUT2D eigenvalue weighted by atomic mass is 32.2. The monoisotopic (exact) mass is 279 g/mol. The van der Waals surface area contributed by atoms with Crippen molar-refractivity contribution in [3.63, 3.8) is 0 Å². The molecule has 2 N–H and O–H groups in total. The predicted molar refractivity (Wildman–Crippen MR) is 76.9 cm³/mol. The maximum absolute atomic E-state index is 11.8. The summed E-state index contributed by atoms with van der Waals surface area (Å²) in [6.45, 7) is 4.05. The normalized spacial score (nSPS) is 14.7. The molecule has 1 aliphatic heterocycles. The Morgan fingerprint density at radius 2 is 1.89 bits per heavy atom. The van der Waals surface area contributed by atoms with E-state index in [1.807, 2.05) is 26.0 Å². The van der Waals surface area contributed by atoms with Crippen molar-refractivity contribution in [1.82, 2.24) is 0 Å². The molecule has 1 aliphatic rings. The van der Waals surface area contributed by atoms with E-state index in [-0.39, 0.29) is 6.61 Å². The second-order valence-electron chi connectivity index (χ2n) is 4.03. The van der Waals surface area contributed by atoms with Crippen LogP contribution in [-0.2, 0) is 16.4 Å². The van der Waals surface area contributed by atoms with Gasteiger partial charge < -0.3 is 5.11 Å². The van der Waals surface area contributed by atoms with Crippen molar-refractivity contribution in [2.75, 3.05) is 11.3 Å². The summed E-state index contributed by atoms with van der Waals surface area (Å²) in [5.41, 5.74) is 1.59. The Balaban J connectivity index is 0.000000637. The van der Waals surface area contributed by atoms with Crippen LogP contribution in [0.25, 0.3) is 10.8 Å². The lowest BCUT2D eigenvalue weighted by atomic mass is 10.0. The van der Waals surface area contributed by atoms with Gasteiger partial charge in [0.05, 0.1) is 10.6 Å². The summed E-state index contributed by atoms with van der Waals surface area (Å²) in [4.78, 5) is 0.324. The zero-order valence-electron chi connectivity index (χ0n) is 11.0. The van der Waals surface area contributed by atoms with Gasteiger partial charge in [-0.3, -0.25) is 4.72 Å². The van der Waals surface area contributed by atoms with Gasteiger partial charge in [-0.15, -0.1) is 0 Å². The zero-order valence-corrected chi connectivity index (χ0v) is 11.8. The van der Waals surface area contributed by atoms with Crippen LogP contribution < -0.4 is 4.72 Å². The third kappa shape index (κ3) is 2.19. The lowest BCUT2D eigenvalue weighted by Gasteiger charge is -2.05. The van der Waals surface area contributed by atoms with E-state index in [2.05, 4.69) is 4.72 Å². The molecule has 0 atom stereocenters. The van der Waals surface area contributed by atoms with Gasteiger partial charge in [0, 0.05) is 12.0 Å². The molecule has 0 amide bonds. The molecule has 0 radical (unpaired) electrons. The third-order valence-corrected chi connectivity index (χ3v) is 4.42. The first-order valence-electron chi connectivity index (χ1n) is 6.32. The number of benzene rings is 2. The molecule has 102 valence electrons. The van der Waals surface area contributed by atoms with Crippen molar-refractivity contribution in [3.8, 4) is 0 Å². The van der Waals surface area contributed by atoms with E-state index in [1.54, 1.807) is 18.2 Å². The molecule has 0 aromatic heterocycles. The third-order valence-electron chi connectivity index (χ3n) is 3.01. The molecule has 0 saturated heterocycles. The number of hydrogen-bond donors (Lipinski definition) is 2. The quantitative estimate of drug-likeness (QED) is 0.887. The summed E-state index contributed by atoms with van der Waals surface area (Å²) >= 11 is 0. The molecular formula is C14H17NO3S. The Hall–Kier alpha value is -1.59. The van der Waals surface area contributed by atoms with Crippen LogP contribution in [0.2, 0.25) is 0 Å². The van der Waals surface area contributed by atoms with Crippen molar-refractivity contribution in [2.24, 2.45) is 0 Å². The molecule has 2 aromatic carbocycles. The van der Waals surface area contributed by atoms with Gasteiger partial charge in [-0.25, -0.2) is 8.42 Å². The van der Waals surface area contributed by atoms with Crippen LogP contribution in [0, 0.1) is 0 Å². The first-order valence-corrected chi connectivity index (χ1v) is 7.80. The summed E-state index contributed by atoms with van der Waals surface area (Å²) in [7, 11) is -3.40. The van der Waals surface area contributed by atoms with E-state index in [0.29, 0.717) is 17.0 Å². The number of anilines is 1. The smallest absolute Gasteiger partial charge is 0.262 e. The van der Waals surface area contributed by atoms with Crippen molar-refractivity contribution in [1.29, 1.82) is 0 Å². The lowest BCUT2D eigenvalue weighted by molar-refractivity contribution is 0.300. The minimum Gasteiger partial charge on any atom is -0.396 e. The molecule has 5 heteroatoms. The van der Waals surface area contributed by atoms with Crippen molar-refractivity contribution >= 4 is 26.5 Å². The number of rotatable bonds is 2. The summed E-state index contributed by atoms with van der Waals surface area (Å²) in [5, 5.41) is 10.6. The van der Waals surface area contributed by atoms with Crippen LogP contribution in [0.4, 0.5) is 5.69 Å². The highest BCUT2D eigenvalue weighted by Gasteiger charge is 2.27. The Bertz CT molecular complexity index is 708. The standard InChI is InChI=1S/C12H11NO3S.C2H6/c14-7-6-8-4-5-11-12-9(8)2-1-3-10(12)13-17(11,15)16;1-2/h1-5,13-14H,6-7H2;1-2H3. The summed E-state index contributed by atoms with van der Waals surface area (Å²) in [6.07, 6.45) is 0.528. The maximum atomic E-state index is 11.8. The molecular weight excluding hydrogens is 262 g/mol. The van der Waals surface area contributed by atoms with Crippen LogP contribution in [0.1, 0.15) is 19.4 Å². The molecule has 2 aromatic rings. The Labute approximate surface area is 113 Å². The molecule has 0 spiro atoms. The van der Waals surface area contributed by atoms with Gasteiger partial charge in [0.15, 0.2) is 0 Å². The fourth-order valence-electron chi connectivity index (χ4n) is 2.28. The molecule has 0 unspecified atom stereocenters. The number of hydrogen-bond acceptors (Lipinski definition) is 3. The number of aliphatic hydroxyl groups excluding tert-OH is 1. The minimum absolute atomic E-state index is 0.0544. The minimum atomic E-state index is -3.40. The van der Waals surface area contributed by atoms with Gasteiger partial charge in [-0.1, -0.05) is 32.0 Å². The van der Waals surface area contributed by atoms with Crippen LogP contribution in [0.5, 0.6) is 0 Å². The molecule has 0 fully saturated rings. The first kappa shape index (κ1) is 13.8. The highest BCUT2D eigenvalue weighted by molar-refractivity contribution is 7.93. The fraction of sp³-hybridized carbons (Fsp3) is 0.286. The van der Waals surface area contributed by atoms with E-state index in [1.165, 1.54) is 0 Å². The molecule has 4 nitrogen and oxygen atoms in total. The van der Waals surface area contributed by atoms with E-state index in [9.17, 15) is 8.42 Å². The number of sulfonamides is 1. The SMILES string of the molecule is CC.O=S1(=O)Nc2cccc3c(CCO)ccc1c23. The van der Waals surface area contributed by atoms with Gasteiger partial charge in [0.1, 0.15) is 0 Å². The van der Waals surface area contributed by atoms with Crippen molar-refractivity contribution in [2.45, 2.75) is 25.2 Å². The summed E-state index contributed by atoms with van der Waals surface area (Å²) < 4.78 is 26.2. The number of aliphatic hydroxyl groups is 1. The largest absolute Gasteiger partial charge is 0.396 e. The second kappa shape index (κ2) is 5.19. The summed E-state index contributed by atoms with van der Waals surface area (Å²) in [6, 6.07) is 8.82. The zero-order chi connectivity index (χ0) is 14.0.